The van der Waals surface area contributed by atoms with E-state index in [0.717, 1.165) is 0 Å². The number of carbonyl (C=O) groups excluding carboxylic acids is 2. The molecule has 0 spiro atoms. The number of nitrogens with one attached hydrogen (secondary N) is 1. The molecular weight excluding hydrogens is 372 g/mol. The minimum absolute atomic E-state index is 0.0447. The van der Waals surface area contributed by atoms with E-state index in [1.165, 1.54) is 0 Å². The standard InChI is InChI=1S/C22H24N2O5/c1-15(13-24(2)3)29-22(26)18(23-21(25)17-7-5-4-6-8-17)11-16-9-10-19-20(12-16)28-14-27-19/h4-12,15H,13-14H2,1-3H3,(H,23,25). The van der Waals surface area contributed by atoms with Crippen LogP contribution in [0, 0.1) is 0 Å². The van der Waals surface area contributed by atoms with Crippen LogP contribution >= 0.6 is 0 Å². The molecule has 2 aromatic rings. The SMILES string of the molecule is CC(CN(C)C)OC(=O)C(=Cc1ccc2c(c1)OCO2)NC(=O)c1ccccc1. The van der Waals surface area contributed by atoms with Crippen molar-refractivity contribution in [2.75, 3.05) is 27.4 Å². The third-order valence-electron chi connectivity index (χ3n) is 4.14. The molecule has 29 heavy (non-hydrogen) atoms. The fourth-order valence-electron chi connectivity index (χ4n) is 2.90. The number of likely N-dealkylation sites (N-methyl/N-ethyl adjacent to an activating group) is 1. The van der Waals surface area contributed by atoms with Crippen LogP contribution in [0.1, 0.15) is 22.8 Å². The number of amides is 1. The van der Waals surface area contributed by atoms with Crippen molar-refractivity contribution in [2.45, 2.75) is 13.0 Å². The number of benzene rings is 2. The van der Waals surface area contributed by atoms with E-state index >= 15 is 0 Å². The number of nitrogens with zero attached hydrogens (tertiary/aromatic N) is 1. The average Bonchev–Trinajstić information content (AvgIpc) is 3.15. The first kappa shape index (κ1) is 20.4. The van der Waals surface area contributed by atoms with Gasteiger partial charge in [0.25, 0.3) is 5.91 Å². The van der Waals surface area contributed by atoms with Crippen LogP contribution < -0.4 is 14.8 Å². The fourth-order valence-corrected chi connectivity index (χ4v) is 2.90. The molecule has 0 bridgehead atoms. The maximum absolute atomic E-state index is 12.8. The summed E-state index contributed by atoms with van der Waals surface area (Å²) in [6, 6.07) is 14.0. The van der Waals surface area contributed by atoms with Gasteiger partial charge >= 0.3 is 5.97 Å². The first-order valence-electron chi connectivity index (χ1n) is 9.26. The quantitative estimate of drug-likeness (QED) is 0.573. The van der Waals surface area contributed by atoms with E-state index in [4.69, 9.17) is 14.2 Å². The Morgan fingerprint density at radius 1 is 1.14 bits per heavy atom. The largest absolute Gasteiger partial charge is 0.457 e. The highest BCUT2D eigenvalue weighted by molar-refractivity contribution is 6.03. The molecule has 0 saturated heterocycles. The van der Waals surface area contributed by atoms with Gasteiger partial charge in [-0.3, -0.25) is 4.79 Å². The van der Waals surface area contributed by atoms with Crippen LogP contribution in [0.2, 0.25) is 0 Å². The van der Waals surface area contributed by atoms with Crippen LogP contribution in [0.15, 0.2) is 54.2 Å². The summed E-state index contributed by atoms with van der Waals surface area (Å²) in [6.45, 7) is 2.52. The smallest absolute Gasteiger partial charge is 0.355 e. The Labute approximate surface area is 169 Å². The molecule has 1 heterocycles. The van der Waals surface area contributed by atoms with Crippen LogP contribution in [-0.4, -0.2) is 50.3 Å². The van der Waals surface area contributed by atoms with E-state index in [2.05, 4.69) is 5.32 Å². The van der Waals surface area contributed by atoms with E-state index in [0.29, 0.717) is 29.2 Å². The van der Waals surface area contributed by atoms with E-state index < -0.39 is 11.9 Å². The van der Waals surface area contributed by atoms with Crippen LogP contribution in [0.5, 0.6) is 11.5 Å². The molecule has 0 aromatic heterocycles. The third-order valence-corrected chi connectivity index (χ3v) is 4.14. The molecule has 1 N–H and O–H groups in total. The van der Waals surface area contributed by atoms with Gasteiger partial charge in [-0.15, -0.1) is 0 Å². The first-order valence-corrected chi connectivity index (χ1v) is 9.26. The zero-order valence-electron chi connectivity index (χ0n) is 16.7. The van der Waals surface area contributed by atoms with Gasteiger partial charge in [-0.25, -0.2) is 4.79 Å². The van der Waals surface area contributed by atoms with Crippen molar-refractivity contribution in [1.29, 1.82) is 0 Å². The van der Waals surface area contributed by atoms with Gasteiger partial charge in [0.1, 0.15) is 11.8 Å². The number of hydrogen-bond acceptors (Lipinski definition) is 6. The lowest BCUT2D eigenvalue weighted by Crippen LogP contribution is -2.33. The summed E-state index contributed by atoms with van der Waals surface area (Å²) in [4.78, 5) is 27.3. The Kier molecular flexibility index (Phi) is 6.51. The van der Waals surface area contributed by atoms with Crippen molar-refractivity contribution in [3.63, 3.8) is 0 Å². The van der Waals surface area contributed by atoms with Crippen molar-refractivity contribution < 1.29 is 23.8 Å². The van der Waals surface area contributed by atoms with Crippen LogP contribution in [-0.2, 0) is 9.53 Å². The second kappa shape index (κ2) is 9.25. The van der Waals surface area contributed by atoms with Crippen LogP contribution in [0.4, 0.5) is 0 Å². The second-order valence-electron chi connectivity index (χ2n) is 6.97. The van der Waals surface area contributed by atoms with Crippen molar-refractivity contribution in [3.05, 3.63) is 65.4 Å². The zero-order valence-corrected chi connectivity index (χ0v) is 16.7. The topological polar surface area (TPSA) is 77.1 Å². The van der Waals surface area contributed by atoms with E-state index in [1.807, 2.05) is 25.1 Å². The maximum atomic E-state index is 12.8. The Hall–Kier alpha value is -3.32. The summed E-state index contributed by atoms with van der Waals surface area (Å²) >= 11 is 0. The highest BCUT2D eigenvalue weighted by Gasteiger charge is 2.20. The minimum Gasteiger partial charge on any atom is -0.457 e. The van der Waals surface area contributed by atoms with Gasteiger partial charge in [0.2, 0.25) is 6.79 Å². The summed E-state index contributed by atoms with van der Waals surface area (Å²) in [5.41, 5.74) is 1.16. The van der Waals surface area contributed by atoms with Gasteiger partial charge in [-0.1, -0.05) is 24.3 Å². The molecule has 7 heteroatoms. The number of ether oxygens (including phenoxy) is 3. The van der Waals surface area contributed by atoms with E-state index in [9.17, 15) is 9.59 Å². The minimum atomic E-state index is -0.610. The number of esters is 1. The summed E-state index contributed by atoms with van der Waals surface area (Å²) < 4.78 is 16.2. The number of fused-ring (bicyclic) bond motifs is 1. The predicted molar refractivity (Wildman–Crippen MR) is 109 cm³/mol. The first-order chi connectivity index (χ1) is 13.9. The lowest BCUT2D eigenvalue weighted by molar-refractivity contribution is -0.144. The maximum Gasteiger partial charge on any atom is 0.355 e. The molecule has 1 atom stereocenters. The fraction of sp³-hybridized carbons (Fsp3) is 0.273. The Morgan fingerprint density at radius 3 is 2.59 bits per heavy atom. The molecule has 0 fully saturated rings. The van der Waals surface area contributed by atoms with Gasteiger partial charge in [-0.05, 0) is 56.9 Å². The molecule has 0 aliphatic carbocycles. The number of hydrogen-bond donors (Lipinski definition) is 1. The molecule has 0 radical (unpaired) electrons. The molecule has 1 amide bonds. The predicted octanol–water partition coefficient (Wildman–Crippen LogP) is 2.68. The van der Waals surface area contributed by atoms with Gasteiger partial charge in [0.05, 0.1) is 0 Å². The molecular formula is C22H24N2O5. The molecule has 7 nitrogen and oxygen atoms in total. The normalized spacial score (nSPS) is 13.9. The lowest BCUT2D eigenvalue weighted by atomic mass is 10.1. The molecule has 1 aliphatic rings. The van der Waals surface area contributed by atoms with Crippen molar-refractivity contribution >= 4 is 18.0 Å². The molecule has 1 unspecified atom stereocenters. The molecule has 2 aromatic carbocycles. The van der Waals surface area contributed by atoms with Crippen molar-refractivity contribution in [3.8, 4) is 11.5 Å². The summed E-state index contributed by atoms with van der Waals surface area (Å²) in [5, 5.41) is 2.67. The zero-order chi connectivity index (χ0) is 20.8. The van der Waals surface area contributed by atoms with E-state index in [1.54, 1.807) is 55.5 Å². The monoisotopic (exact) mass is 396 g/mol. The van der Waals surface area contributed by atoms with Gasteiger partial charge in [0, 0.05) is 12.1 Å². The highest BCUT2D eigenvalue weighted by atomic mass is 16.7. The Bertz CT molecular complexity index is 909. The van der Waals surface area contributed by atoms with Crippen molar-refractivity contribution in [2.24, 2.45) is 0 Å². The lowest BCUT2D eigenvalue weighted by Gasteiger charge is -2.19. The number of carbonyl (C=O) groups is 2. The molecule has 3 rings (SSSR count). The Morgan fingerprint density at radius 2 is 1.86 bits per heavy atom. The highest BCUT2D eigenvalue weighted by Crippen LogP contribution is 2.33. The summed E-state index contributed by atoms with van der Waals surface area (Å²) in [6.07, 6.45) is 1.22. The second-order valence-corrected chi connectivity index (χ2v) is 6.97. The van der Waals surface area contributed by atoms with E-state index in [-0.39, 0.29) is 18.6 Å². The summed E-state index contributed by atoms with van der Waals surface area (Å²) in [5.74, 6) is 0.220. The molecule has 152 valence electrons. The van der Waals surface area contributed by atoms with Gasteiger partial charge < -0.3 is 24.4 Å². The Balaban J connectivity index is 1.84. The van der Waals surface area contributed by atoms with Gasteiger partial charge in [0.15, 0.2) is 11.5 Å². The molecule has 0 saturated carbocycles. The third kappa shape index (κ3) is 5.58. The average molecular weight is 396 g/mol. The number of rotatable bonds is 7. The molecule has 1 aliphatic heterocycles. The van der Waals surface area contributed by atoms with Crippen molar-refractivity contribution in [1.82, 2.24) is 10.2 Å². The summed E-state index contributed by atoms with van der Waals surface area (Å²) in [7, 11) is 3.79. The van der Waals surface area contributed by atoms with Crippen LogP contribution in [0.25, 0.3) is 6.08 Å². The van der Waals surface area contributed by atoms with Crippen LogP contribution in [0.3, 0.4) is 0 Å². The van der Waals surface area contributed by atoms with Gasteiger partial charge in [-0.2, -0.15) is 0 Å².